The highest BCUT2D eigenvalue weighted by Crippen LogP contribution is 2.32. The van der Waals surface area contributed by atoms with Crippen LogP contribution in [-0.2, 0) is 22.4 Å². The molecule has 0 fully saturated rings. The van der Waals surface area contributed by atoms with Gasteiger partial charge in [-0.25, -0.2) is 0 Å². The van der Waals surface area contributed by atoms with Gasteiger partial charge in [0.05, 0.1) is 12.6 Å². The number of hydrogen-bond donors (Lipinski definition) is 1. The van der Waals surface area contributed by atoms with E-state index in [-0.39, 0.29) is 18.6 Å². The maximum Gasteiger partial charge on any atom is 0.242 e. The summed E-state index contributed by atoms with van der Waals surface area (Å²) in [5.74, 6) is -0.0349. The molecule has 1 aliphatic rings. The Hall–Kier alpha value is -2.17. The molecule has 0 saturated heterocycles. The molecule has 2 N–H and O–H groups in total. The third-order valence-electron chi connectivity index (χ3n) is 4.63. The molecule has 0 bridgehead atoms. The van der Waals surface area contributed by atoms with Crippen molar-refractivity contribution in [3.63, 3.8) is 0 Å². The number of nitrogens with two attached hydrogens (primary N) is 1. The van der Waals surface area contributed by atoms with Crippen LogP contribution in [0.15, 0.2) is 54.6 Å². The van der Waals surface area contributed by atoms with Crippen molar-refractivity contribution < 1.29 is 9.53 Å². The molecule has 0 spiro atoms. The zero-order valence-corrected chi connectivity index (χ0v) is 14.0. The van der Waals surface area contributed by atoms with Gasteiger partial charge in [0.25, 0.3) is 0 Å². The van der Waals surface area contributed by atoms with Gasteiger partial charge in [0.15, 0.2) is 0 Å². The Bertz CT molecular complexity index is 687. The van der Waals surface area contributed by atoms with Crippen molar-refractivity contribution in [1.29, 1.82) is 0 Å². The van der Waals surface area contributed by atoms with Gasteiger partial charge in [0, 0.05) is 13.7 Å². The number of fused-ring (bicyclic) bond motifs is 1. The topological polar surface area (TPSA) is 55.6 Å². The number of carbonyl (C=O) groups is 1. The minimum absolute atomic E-state index is 0.0211. The Kier molecular flexibility index (Phi) is 5.28. The van der Waals surface area contributed by atoms with Crippen molar-refractivity contribution in [1.82, 2.24) is 4.90 Å². The van der Waals surface area contributed by atoms with Crippen LogP contribution in [0.3, 0.4) is 0 Å². The second kappa shape index (κ2) is 7.60. The lowest BCUT2D eigenvalue weighted by molar-refractivity contribution is -0.136. The molecule has 2 aromatic rings. The molecule has 1 amide bonds. The second-order valence-corrected chi connectivity index (χ2v) is 6.25. The Balaban J connectivity index is 1.91. The predicted molar refractivity (Wildman–Crippen MR) is 94.6 cm³/mol. The molecule has 1 heterocycles. The summed E-state index contributed by atoms with van der Waals surface area (Å²) in [6.45, 7) is 0.944. The average Bonchev–Trinajstić information content (AvgIpc) is 2.62. The molecule has 0 aromatic heterocycles. The van der Waals surface area contributed by atoms with E-state index in [0.717, 1.165) is 12.8 Å². The van der Waals surface area contributed by atoms with Crippen LogP contribution in [-0.4, -0.2) is 37.1 Å². The zero-order chi connectivity index (χ0) is 16.9. The summed E-state index contributed by atoms with van der Waals surface area (Å²) >= 11 is 0. The van der Waals surface area contributed by atoms with Gasteiger partial charge in [-0.2, -0.15) is 0 Å². The summed E-state index contributed by atoms with van der Waals surface area (Å²) in [6, 6.07) is 18.1. The van der Waals surface area contributed by atoms with Crippen LogP contribution in [0.4, 0.5) is 0 Å². The number of nitrogens with zero attached hydrogens (tertiary/aromatic N) is 1. The average molecular weight is 324 g/mol. The van der Waals surface area contributed by atoms with Crippen LogP contribution in [0.2, 0.25) is 0 Å². The number of benzene rings is 2. The number of amides is 1. The first-order valence-electron chi connectivity index (χ1n) is 8.37. The highest BCUT2D eigenvalue weighted by Gasteiger charge is 2.33. The zero-order valence-electron chi connectivity index (χ0n) is 14.0. The molecule has 4 heteroatoms. The summed E-state index contributed by atoms with van der Waals surface area (Å²) < 4.78 is 5.07. The molecule has 126 valence electrons. The Morgan fingerprint density at radius 3 is 2.67 bits per heavy atom. The van der Waals surface area contributed by atoms with Crippen LogP contribution in [0.25, 0.3) is 0 Å². The Labute approximate surface area is 143 Å². The molecule has 4 nitrogen and oxygen atoms in total. The van der Waals surface area contributed by atoms with Crippen LogP contribution < -0.4 is 5.73 Å². The van der Waals surface area contributed by atoms with Crippen molar-refractivity contribution in [3.8, 4) is 0 Å². The molecule has 3 rings (SSSR count). The third kappa shape index (κ3) is 3.50. The maximum atomic E-state index is 12.8. The molecule has 0 saturated carbocycles. The first kappa shape index (κ1) is 16.7. The van der Waals surface area contributed by atoms with E-state index in [1.165, 1.54) is 16.7 Å². The lowest BCUT2D eigenvalue weighted by atomic mass is 9.88. The number of ether oxygens (including phenoxy) is 1. The van der Waals surface area contributed by atoms with Crippen LogP contribution in [0.5, 0.6) is 0 Å². The van der Waals surface area contributed by atoms with Crippen molar-refractivity contribution >= 4 is 5.91 Å². The summed E-state index contributed by atoms with van der Waals surface area (Å²) in [6.07, 6.45) is 1.66. The molecule has 2 unspecified atom stereocenters. The van der Waals surface area contributed by atoms with Gasteiger partial charge in [-0.3, -0.25) is 4.79 Å². The summed E-state index contributed by atoms with van der Waals surface area (Å²) in [4.78, 5) is 14.7. The Morgan fingerprint density at radius 1 is 1.21 bits per heavy atom. The lowest BCUT2D eigenvalue weighted by Crippen LogP contribution is -2.50. The van der Waals surface area contributed by atoms with Crippen molar-refractivity contribution in [3.05, 3.63) is 71.3 Å². The largest absolute Gasteiger partial charge is 0.383 e. The van der Waals surface area contributed by atoms with Gasteiger partial charge >= 0.3 is 0 Å². The molecular formula is C20H24N2O2. The normalized spacial score (nSPS) is 18.1. The standard InChI is InChI=1S/C20H24N2O2/c1-24-14-18(21)20(23)22-12-11-16-9-5-6-10-17(16)19(22)13-15-7-3-2-4-8-15/h2-10,18-19H,11-14,21H2,1H3. The minimum atomic E-state index is -0.612. The van der Waals surface area contributed by atoms with E-state index in [4.69, 9.17) is 10.5 Å². The lowest BCUT2D eigenvalue weighted by Gasteiger charge is -2.39. The van der Waals surface area contributed by atoms with Crippen molar-refractivity contribution in [2.75, 3.05) is 20.3 Å². The highest BCUT2D eigenvalue weighted by molar-refractivity contribution is 5.82. The fourth-order valence-corrected chi connectivity index (χ4v) is 3.44. The van der Waals surface area contributed by atoms with Crippen molar-refractivity contribution in [2.45, 2.75) is 24.9 Å². The van der Waals surface area contributed by atoms with Gasteiger partial charge in [-0.1, -0.05) is 54.6 Å². The van der Waals surface area contributed by atoms with E-state index < -0.39 is 6.04 Å². The molecular weight excluding hydrogens is 300 g/mol. The van der Waals surface area contributed by atoms with E-state index >= 15 is 0 Å². The fraction of sp³-hybridized carbons (Fsp3) is 0.350. The monoisotopic (exact) mass is 324 g/mol. The fourth-order valence-electron chi connectivity index (χ4n) is 3.44. The van der Waals surface area contributed by atoms with Gasteiger partial charge < -0.3 is 15.4 Å². The Morgan fingerprint density at radius 2 is 1.92 bits per heavy atom. The van der Waals surface area contributed by atoms with Crippen LogP contribution >= 0.6 is 0 Å². The third-order valence-corrected chi connectivity index (χ3v) is 4.63. The molecule has 1 aliphatic heterocycles. The van der Waals surface area contributed by atoms with E-state index in [1.54, 1.807) is 7.11 Å². The first-order chi connectivity index (χ1) is 11.7. The maximum absolute atomic E-state index is 12.8. The highest BCUT2D eigenvalue weighted by atomic mass is 16.5. The van der Waals surface area contributed by atoms with Crippen LogP contribution in [0, 0.1) is 0 Å². The minimum Gasteiger partial charge on any atom is -0.383 e. The molecule has 0 radical (unpaired) electrons. The molecule has 2 atom stereocenters. The first-order valence-corrected chi connectivity index (χ1v) is 8.37. The van der Waals surface area contributed by atoms with Gasteiger partial charge in [0.2, 0.25) is 5.91 Å². The number of rotatable bonds is 5. The van der Waals surface area contributed by atoms with Crippen molar-refractivity contribution in [2.24, 2.45) is 5.73 Å². The smallest absolute Gasteiger partial charge is 0.242 e. The number of carbonyl (C=O) groups excluding carboxylic acids is 1. The summed E-state index contributed by atoms with van der Waals surface area (Å²) in [5, 5.41) is 0. The van der Waals surface area contributed by atoms with E-state index in [1.807, 2.05) is 29.2 Å². The molecule has 2 aromatic carbocycles. The molecule has 24 heavy (non-hydrogen) atoms. The summed E-state index contributed by atoms with van der Waals surface area (Å²) in [7, 11) is 1.57. The SMILES string of the molecule is COCC(N)C(=O)N1CCc2ccccc2C1Cc1ccccc1. The number of hydrogen-bond acceptors (Lipinski definition) is 3. The predicted octanol–water partition coefficient (Wildman–Crippen LogP) is 2.33. The van der Waals surface area contributed by atoms with E-state index in [2.05, 4.69) is 30.3 Å². The summed E-state index contributed by atoms with van der Waals surface area (Å²) in [5.41, 5.74) is 9.79. The van der Waals surface area contributed by atoms with Gasteiger partial charge in [0.1, 0.15) is 6.04 Å². The van der Waals surface area contributed by atoms with E-state index in [9.17, 15) is 4.79 Å². The second-order valence-electron chi connectivity index (χ2n) is 6.25. The molecule has 0 aliphatic carbocycles. The van der Waals surface area contributed by atoms with Crippen LogP contribution in [0.1, 0.15) is 22.7 Å². The van der Waals surface area contributed by atoms with E-state index in [0.29, 0.717) is 6.54 Å². The number of methoxy groups -OCH3 is 1. The van der Waals surface area contributed by atoms with Gasteiger partial charge in [-0.05, 0) is 29.5 Å². The quantitative estimate of drug-likeness (QED) is 0.918. The van der Waals surface area contributed by atoms with Gasteiger partial charge in [-0.15, -0.1) is 0 Å².